The van der Waals surface area contributed by atoms with Crippen LogP contribution in [0.1, 0.15) is 74.3 Å². The van der Waals surface area contributed by atoms with E-state index < -0.39 is 0 Å². The number of nitrogens with one attached hydrogen (secondary N) is 1. The predicted molar refractivity (Wildman–Crippen MR) is 102 cm³/mol. The zero-order valence-corrected chi connectivity index (χ0v) is 15.6. The van der Waals surface area contributed by atoms with Gasteiger partial charge in [0.05, 0.1) is 5.69 Å². The molecule has 2 aliphatic rings. The Bertz CT molecular complexity index is 713. The maximum Gasteiger partial charge on any atom is 0.147 e. The molecule has 134 valence electrons. The first-order chi connectivity index (χ1) is 12.2. The number of fused-ring (bicyclic) bond motifs is 1. The molecule has 1 heterocycles. The highest BCUT2D eigenvalue weighted by molar-refractivity contribution is 5.50. The van der Waals surface area contributed by atoms with Gasteiger partial charge in [0.15, 0.2) is 0 Å². The van der Waals surface area contributed by atoms with Crippen molar-refractivity contribution in [2.24, 2.45) is 5.92 Å². The fourth-order valence-corrected chi connectivity index (χ4v) is 4.68. The Labute approximate surface area is 151 Å². The molecular weight excluding hydrogens is 308 g/mol. The van der Waals surface area contributed by atoms with Gasteiger partial charge in [-0.3, -0.25) is 0 Å². The van der Waals surface area contributed by atoms with E-state index >= 15 is 0 Å². The van der Waals surface area contributed by atoms with E-state index in [-0.39, 0.29) is 0 Å². The summed E-state index contributed by atoms with van der Waals surface area (Å²) in [5.41, 5.74) is 6.72. The van der Waals surface area contributed by atoms with Crippen LogP contribution in [-0.4, -0.2) is 11.2 Å². The van der Waals surface area contributed by atoms with Gasteiger partial charge in [0.1, 0.15) is 12.0 Å². The Morgan fingerprint density at radius 3 is 2.72 bits per heavy atom. The molecule has 0 spiro atoms. The van der Waals surface area contributed by atoms with Gasteiger partial charge in [-0.15, -0.1) is 0 Å². The molecule has 1 aromatic carbocycles. The molecule has 3 heteroatoms. The topological polar surface area (TPSA) is 38.1 Å². The predicted octanol–water partition coefficient (Wildman–Crippen LogP) is 5.50. The van der Waals surface area contributed by atoms with Gasteiger partial charge >= 0.3 is 0 Å². The fraction of sp³-hybridized carbons (Fsp3) is 0.591. The molecule has 1 aromatic heterocycles. The summed E-state index contributed by atoms with van der Waals surface area (Å²) in [5, 5.41) is 7.78. The molecule has 1 atom stereocenters. The van der Waals surface area contributed by atoms with Crippen molar-refractivity contribution >= 4 is 5.69 Å². The third kappa shape index (κ3) is 3.75. The maximum atomic E-state index is 5.27. The summed E-state index contributed by atoms with van der Waals surface area (Å²) in [6.45, 7) is 4.30. The lowest BCUT2D eigenvalue weighted by Gasteiger charge is -2.21. The first-order valence-electron chi connectivity index (χ1n) is 10.0. The van der Waals surface area contributed by atoms with Crippen LogP contribution in [0.15, 0.2) is 29.0 Å². The van der Waals surface area contributed by atoms with Gasteiger partial charge in [-0.25, -0.2) is 0 Å². The SMILES string of the molecule is CC(C)Nc1conc1C1Cc2ccc(CC3CCCCC3)cc2C1. The third-order valence-electron chi connectivity index (χ3n) is 5.88. The lowest BCUT2D eigenvalue weighted by atomic mass is 9.84. The number of benzene rings is 1. The minimum Gasteiger partial charge on any atom is -0.379 e. The second-order valence-electron chi connectivity index (χ2n) is 8.33. The molecule has 1 saturated carbocycles. The highest BCUT2D eigenvalue weighted by atomic mass is 16.5. The van der Waals surface area contributed by atoms with E-state index in [0.717, 1.165) is 30.1 Å². The monoisotopic (exact) mass is 338 g/mol. The fourth-order valence-electron chi connectivity index (χ4n) is 4.68. The molecule has 0 radical (unpaired) electrons. The molecule has 1 N–H and O–H groups in total. The van der Waals surface area contributed by atoms with Crippen molar-refractivity contribution in [2.75, 3.05) is 5.32 Å². The van der Waals surface area contributed by atoms with Gasteiger partial charge in [-0.05, 0) is 55.7 Å². The lowest BCUT2D eigenvalue weighted by Crippen LogP contribution is -2.12. The summed E-state index contributed by atoms with van der Waals surface area (Å²) >= 11 is 0. The van der Waals surface area contributed by atoms with Crippen LogP contribution in [0.5, 0.6) is 0 Å². The summed E-state index contributed by atoms with van der Waals surface area (Å²) in [7, 11) is 0. The third-order valence-corrected chi connectivity index (χ3v) is 5.88. The van der Waals surface area contributed by atoms with Crippen LogP contribution in [0.25, 0.3) is 0 Å². The molecule has 4 rings (SSSR count). The Kier molecular flexibility index (Phi) is 4.82. The van der Waals surface area contributed by atoms with Crippen molar-refractivity contribution in [3.8, 4) is 0 Å². The van der Waals surface area contributed by atoms with E-state index in [0.29, 0.717) is 12.0 Å². The number of nitrogens with zero attached hydrogens (tertiary/aromatic N) is 1. The van der Waals surface area contributed by atoms with Crippen LogP contribution in [0.2, 0.25) is 0 Å². The minimum atomic E-state index is 0.393. The Balaban J connectivity index is 1.46. The number of aromatic nitrogens is 1. The summed E-state index contributed by atoms with van der Waals surface area (Å²) in [4.78, 5) is 0. The molecule has 3 nitrogen and oxygen atoms in total. The van der Waals surface area contributed by atoms with Crippen LogP contribution in [0.4, 0.5) is 5.69 Å². The smallest absolute Gasteiger partial charge is 0.147 e. The number of rotatable bonds is 5. The van der Waals surface area contributed by atoms with E-state index in [1.807, 2.05) is 0 Å². The van der Waals surface area contributed by atoms with Crippen molar-refractivity contribution in [1.29, 1.82) is 0 Å². The van der Waals surface area contributed by atoms with Crippen LogP contribution < -0.4 is 5.32 Å². The molecule has 0 amide bonds. The van der Waals surface area contributed by atoms with Gasteiger partial charge in [0.25, 0.3) is 0 Å². The summed E-state index contributed by atoms with van der Waals surface area (Å²) in [5.74, 6) is 1.35. The average molecular weight is 338 g/mol. The number of hydrogen-bond acceptors (Lipinski definition) is 3. The van der Waals surface area contributed by atoms with E-state index in [4.69, 9.17) is 4.52 Å². The highest BCUT2D eigenvalue weighted by Crippen LogP contribution is 2.37. The van der Waals surface area contributed by atoms with Crippen molar-refractivity contribution < 1.29 is 4.52 Å². The molecule has 1 unspecified atom stereocenters. The van der Waals surface area contributed by atoms with Crippen molar-refractivity contribution in [2.45, 2.75) is 77.2 Å². The summed E-state index contributed by atoms with van der Waals surface area (Å²) in [6, 6.07) is 7.60. The van der Waals surface area contributed by atoms with E-state index in [2.05, 4.69) is 42.5 Å². The zero-order chi connectivity index (χ0) is 17.2. The highest BCUT2D eigenvalue weighted by Gasteiger charge is 2.28. The molecule has 2 aromatic rings. The van der Waals surface area contributed by atoms with Crippen molar-refractivity contribution in [3.05, 3.63) is 46.8 Å². The normalized spacial score (nSPS) is 20.8. The minimum absolute atomic E-state index is 0.393. The Morgan fingerprint density at radius 2 is 1.92 bits per heavy atom. The molecule has 2 aliphatic carbocycles. The van der Waals surface area contributed by atoms with E-state index in [1.54, 1.807) is 6.26 Å². The Hall–Kier alpha value is -1.77. The second-order valence-corrected chi connectivity index (χ2v) is 8.33. The van der Waals surface area contributed by atoms with Crippen molar-refractivity contribution in [1.82, 2.24) is 5.16 Å². The number of hydrogen-bond donors (Lipinski definition) is 1. The van der Waals surface area contributed by atoms with Gasteiger partial charge in [-0.1, -0.05) is 55.5 Å². The molecular formula is C22H30N2O. The first-order valence-corrected chi connectivity index (χ1v) is 10.0. The average Bonchev–Trinajstić information content (AvgIpc) is 3.21. The molecule has 25 heavy (non-hydrogen) atoms. The summed E-state index contributed by atoms with van der Waals surface area (Å²) < 4.78 is 5.27. The molecule has 0 aliphatic heterocycles. The van der Waals surface area contributed by atoms with Gasteiger partial charge < -0.3 is 9.84 Å². The van der Waals surface area contributed by atoms with Gasteiger partial charge in [-0.2, -0.15) is 0 Å². The van der Waals surface area contributed by atoms with Gasteiger partial charge in [0, 0.05) is 12.0 Å². The van der Waals surface area contributed by atoms with Crippen LogP contribution >= 0.6 is 0 Å². The standard InChI is InChI=1S/C22H30N2O/c1-15(2)23-21-14-25-24-22(21)20-12-18-9-8-17(11-19(18)13-20)10-16-6-4-3-5-7-16/h8-9,11,14-16,20,23H,3-7,10,12-13H2,1-2H3. The van der Waals surface area contributed by atoms with Crippen molar-refractivity contribution in [3.63, 3.8) is 0 Å². The van der Waals surface area contributed by atoms with Gasteiger partial charge in [0.2, 0.25) is 0 Å². The largest absolute Gasteiger partial charge is 0.379 e. The maximum absolute atomic E-state index is 5.27. The number of anilines is 1. The molecule has 0 saturated heterocycles. The second kappa shape index (κ2) is 7.23. The lowest BCUT2D eigenvalue weighted by molar-refractivity contribution is 0.356. The van der Waals surface area contributed by atoms with Crippen LogP contribution in [-0.2, 0) is 19.3 Å². The zero-order valence-electron chi connectivity index (χ0n) is 15.6. The van der Waals surface area contributed by atoms with Crippen LogP contribution in [0, 0.1) is 5.92 Å². The van der Waals surface area contributed by atoms with Crippen LogP contribution in [0.3, 0.4) is 0 Å². The van der Waals surface area contributed by atoms with E-state index in [9.17, 15) is 0 Å². The Morgan fingerprint density at radius 1 is 1.12 bits per heavy atom. The molecule has 0 bridgehead atoms. The summed E-state index contributed by atoms with van der Waals surface area (Å²) in [6.07, 6.45) is 12.3. The molecule has 1 fully saturated rings. The first kappa shape index (κ1) is 16.7. The quantitative estimate of drug-likeness (QED) is 0.782. The van der Waals surface area contributed by atoms with E-state index in [1.165, 1.54) is 55.2 Å².